The van der Waals surface area contributed by atoms with Gasteiger partial charge in [-0.25, -0.2) is 0 Å². The molecule has 2 aliphatic rings. The fourth-order valence-corrected chi connectivity index (χ4v) is 2.56. The van der Waals surface area contributed by atoms with Gasteiger partial charge in [0.2, 0.25) is 0 Å². The fourth-order valence-electron chi connectivity index (χ4n) is 2.56. The van der Waals surface area contributed by atoms with Gasteiger partial charge in [0.1, 0.15) is 0 Å². The molecule has 1 atom stereocenters. The van der Waals surface area contributed by atoms with E-state index in [9.17, 15) is 0 Å². The lowest BCUT2D eigenvalue weighted by atomic mass is 9.80. The van der Waals surface area contributed by atoms with Crippen LogP contribution in [0.15, 0.2) is 12.2 Å². The molecule has 1 spiro atoms. The first-order chi connectivity index (χ1) is 6.81. The summed E-state index contributed by atoms with van der Waals surface area (Å²) < 4.78 is 0. The van der Waals surface area contributed by atoms with Crippen LogP contribution in [0.5, 0.6) is 0 Å². The maximum absolute atomic E-state index is 2.49. The third-order valence-corrected chi connectivity index (χ3v) is 3.49. The molecule has 2 rings (SSSR count). The highest BCUT2D eigenvalue weighted by Gasteiger charge is 2.30. The molecular weight excluding hydrogens is 170 g/mol. The maximum Gasteiger partial charge on any atom is -0.00135 e. The summed E-state index contributed by atoms with van der Waals surface area (Å²) in [5.74, 6) is 0. The van der Waals surface area contributed by atoms with Crippen LogP contribution in [-0.4, -0.2) is 25.0 Å². The molecule has 1 aliphatic carbocycles. The Kier molecular flexibility index (Phi) is 4.67. The summed E-state index contributed by atoms with van der Waals surface area (Å²) in [6, 6.07) is 0. The summed E-state index contributed by atoms with van der Waals surface area (Å²) in [6.45, 7) is 6.60. The van der Waals surface area contributed by atoms with Crippen LogP contribution >= 0.6 is 0 Å². The number of hydrogen-bond acceptors (Lipinski definition) is 1. The second-order valence-electron chi connectivity index (χ2n) is 4.46. The minimum Gasteiger partial charge on any atom is -0.306 e. The Hall–Kier alpha value is -0.300. The van der Waals surface area contributed by atoms with Crippen molar-refractivity contribution in [1.29, 1.82) is 0 Å². The molecule has 0 saturated carbocycles. The molecule has 0 radical (unpaired) electrons. The Morgan fingerprint density at radius 3 is 2.50 bits per heavy atom. The molecule has 0 aromatic rings. The number of allylic oxidation sites excluding steroid dienone is 2. The number of rotatable bonds is 0. The zero-order valence-corrected chi connectivity index (χ0v) is 10.1. The van der Waals surface area contributed by atoms with E-state index in [1.165, 1.54) is 45.2 Å². The highest BCUT2D eigenvalue weighted by molar-refractivity contribution is 5.07. The first kappa shape index (κ1) is 11.8. The molecule has 1 unspecified atom stereocenters. The molecule has 14 heavy (non-hydrogen) atoms. The van der Waals surface area contributed by atoms with Gasteiger partial charge in [-0.3, -0.25) is 0 Å². The van der Waals surface area contributed by atoms with Crippen molar-refractivity contribution in [2.75, 3.05) is 20.1 Å². The van der Waals surface area contributed by atoms with E-state index in [-0.39, 0.29) is 0 Å². The predicted molar refractivity (Wildman–Crippen MR) is 63.5 cm³/mol. The highest BCUT2D eigenvalue weighted by atomic mass is 15.1. The molecule has 1 fully saturated rings. The molecule has 1 saturated heterocycles. The SMILES string of the molecule is CC.CN1CCCC2(C=CCC2)CC1. The molecule has 1 heterocycles. The van der Waals surface area contributed by atoms with Gasteiger partial charge in [0.25, 0.3) is 0 Å². The Morgan fingerprint density at radius 1 is 1.07 bits per heavy atom. The average Bonchev–Trinajstić information content (AvgIpc) is 2.59. The van der Waals surface area contributed by atoms with E-state index >= 15 is 0 Å². The quantitative estimate of drug-likeness (QED) is 0.535. The van der Waals surface area contributed by atoms with Gasteiger partial charge in [-0.15, -0.1) is 0 Å². The third-order valence-electron chi connectivity index (χ3n) is 3.49. The van der Waals surface area contributed by atoms with Gasteiger partial charge in [0.15, 0.2) is 0 Å². The van der Waals surface area contributed by atoms with E-state index in [2.05, 4.69) is 24.1 Å². The summed E-state index contributed by atoms with van der Waals surface area (Å²) in [4.78, 5) is 2.47. The van der Waals surface area contributed by atoms with Crippen molar-refractivity contribution in [2.45, 2.75) is 46.0 Å². The van der Waals surface area contributed by atoms with Crippen molar-refractivity contribution in [3.63, 3.8) is 0 Å². The van der Waals surface area contributed by atoms with E-state index in [0.717, 1.165) is 0 Å². The largest absolute Gasteiger partial charge is 0.306 e. The van der Waals surface area contributed by atoms with Crippen LogP contribution in [0.4, 0.5) is 0 Å². The topological polar surface area (TPSA) is 3.24 Å². The molecular formula is C13H25N. The molecule has 0 amide bonds. The minimum absolute atomic E-state index is 0.616. The van der Waals surface area contributed by atoms with Crippen molar-refractivity contribution in [2.24, 2.45) is 5.41 Å². The van der Waals surface area contributed by atoms with Crippen molar-refractivity contribution in [3.8, 4) is 0 Å². The van der Waals surface area contributed by atoms with Gasteiger partial charge < -0.3 is 4.90 Å². The number of nitrogens with zero attached hydrogens (tertiary/aromatic N) is 1. The minimum atomic E-state index is 0.616. The molecule has 1 heteroatoms. The molecule has 0 bridgehead atoms. The lowest BCUT2D eigenvalue weighted by Crippen LogP contribution is -2.21. The van der Waals surface area contributed by atoms with Crippen molar-refractivity contribution in [3.05, 3.63) is 12.2 Å². The monoisotopic (exact) mass is 195 g/mol. The molecule has 82 valence electrons. The van der Waals surface area contributed by atoms with Crippen LogP contribution in [0, 0.1) is 5.41 Å². The first-order valence-corrected chi connectivity index (χ1v) is 6.17. The summed E-state index contributed by atoms with van der Waals surface area (Å²) in [6.07, 6.45) is 11.8. The van der Waals surface area contributed by atoms with Gasteiger partial charge in [0, 0.05) is 0 Å². The van der Waals surface area contributed by atoms with E-state index < -0.39 is 0 Å². The zero-order chi connectivity index (χ0) is 10.4. The zero-order valence-electron chi connectivity index (χ0n) is 10.1. The lowest BCUT2D eigenvalue weighted by Gasteiger charge is -2.25. The summed E-state index contributed by atoms with van der Waals surface area (Å²) in [5.41, 5.74) is 0.616. The molecule has 1 nitrogen and oxygen atoms in total. The number of hydrogen-bond donors (Lipinski definition) is 0. The highest BCUT2D eigenvalue weighted by Crippen LogP contribution is 2.41. The third kappa shape index (κ3) is 2.84. The fraction of sp³-hybridized carbons (Fsp3) is 0.846. The van der Waals surface area contributed by atoms with Crippen molar-refractivity contribution in [1.82, 2.24) is 4.90 Å². The average molecular weight is 195 g/mol. The van der Waals surface area contributed by atoms with E-state index in [0.29, 0.717) is 5.41 Å². The van der Waals surface area contributed by atoms with Crippen LogP contribution in [0.25, 0.3) is 0 Å². The Morgan fingerprint density at radius 2 is 1.86 bits per heavy atom. The van der Waals surface area contributed by atoms with E-state index in [1.807, 2.05) is 13.8 Å². The predicted octanol–water partition coefficient (Wildman–Crippen LogP) is 3.46. The van der Waals surface area contributed by atoms with Crippen LogP contribution in [0.1, 0.15) is 46.0 Å². The molecule has 0 aromatic carbocycles. The van der Waals surface area contributed by atoms with E-state index in [4.69, 9.17) is 0 Å². The lowest BCUT2D eigenvalue weighted by molar-refractivity contribution is 0.302. The van der Waals surface area contributed by atoms with Crippen LogP contribution in [0.3, 0.4) is 0 Å². The van der Waals surface area contributed by atoms with Gasteiger partial charge in [0.05, 0.1) is 0 Å². The Balaban J connectivity index is 0.000000461. The van der Waals surface area contributed by atoms with E-state index in [1.54, 1.807) is 0 Å². The Labute approximate surface area is 89.2 Å². The molecule has 0 N–H and O–H groups in total. The first-order valence-electron chi connectivity index (χ1n) is 6.17. The molecule has 0 aromatic heterocycles. The van der Waals surface area contributed by atoms with Crippen molar-refractivity contribution >= 4 is 0 Å². The smallest absolute Gasteiger partial charge is 0.00135 e. The Bertz CT molecular complexity index is 186. The van der Waals surface area contributed by atoms with Crippen LogP contribution < -0.4 is 0 Å². The van der Waals surface area contributed by atoms with Crippen LogP contribution in [0.2, 0.25) is 0 Å². The second kappa shape index (κ2) is 5.55. The number of likely N-dealkylation sites (tertiary alicyclic amines) is 1. The second-order valence-corrected chi connectivity index (χ2v) is 4.46. The van der Waals surface area contributed by atoms with Gasteiger partial charge in [-0.2, -0.15) is 0 Å². The normalized spacial score (nSPS) is 32.5. The summed E-state index contributed by atoms with van der Waals surface area (Å²) in [5, 5.41) is 0. The van der Waals surface area contributed by atoms with Gasteiger partial charge in [-0.1, -0.05) is 26.0 Å². The van der Waals surface area contributed by atoms with Gasteiger partial charge in [-0.05, 0) is 57.7 Å². The summed E-state index contributed by atoms with van der Waals surface area (Å²) >= 11 is 0. The maximum atomic E-state index is 2.49. The van der Waals surface area contributed by atoms with Gasteiger partial charge >= 0.3 is 0 Å². The summed E-state index contributed by atoms with van der Waals surface area (Å²) in [7, 11) is 2.25. The van der Waals surface area contributed by atoms with Crippen LogP contribution in [-0.2, 0) is 0 Å². The molecule has 1 aliphatic heterocycles. The standard InChI is InChI=1S/C11H19N.C2H6/c1-12-9-4-7-11(8-10-12)5-2-3-6-11;1-2/h2,5H,3-4,6-10H2,1H3;1-2H3. The van der Waals surface area contributed by atoms with Crippen molar-refractivity contribution < 1.29 is 0 Å².